The normalized spacial score (nSPS) is 20.1. The van der Waals surface area contributed by atoms with Crippen molar-refractivity contribution >= 4 is 22.9 Å². The maximum absolute atomic E-state index is 6.41. The standard InChI is InChI=1S/C12H17ClS/c1-9-6-7-12(14-9)11(13)8-10-4-2-3-5-10/h6-7,10-11H,2-5,8H2,1H3. The molecule has 2 rings (SSSR count). The number of hydrogen-bond donors (Lipinski definition) is 0. The Morgan fingerprint density at radius 3 is 2.71 bits per heavy atom. The summed E-state index contributed by atoms with van der Waals surface area (Å²) in [5.74, 6) is 0.889. The molecule has 0 aromatic carbocycles. The van der Waals surface area contributed by atoms with Gasteiger partial charge in [-0.25, -0.2) is 0 Å². The monoisotopic (exact) mass is 228 g/mol. The predicted octanol–water partition coefficient (Wildman–Crippen LogP) is 4.92. The van der Waals surface area contributed by atoms with Gasteiger partial charge in [0.15, 0.2) is 0 Å². The van der Waals surface area contributed by atoms with E-state index in [1.807, 2.05) is 11.3 Å². The van der Waals surface area contributed by atoms with Crippen LogP contribution in [0.5, 0.6) is 0 Å². The van der Waals surface area contributed by atoms with E-state index >= 15 is 0 Å². The summed E-state index contributed by atoms with van der Waals surface area (Å²) in [6.45, 7) is 2.15. The fourth-order valence-electron chi connectivity index (χ4n) is 2.28. The third-order valence-electron chi connectivity index (χ3n) is 3.08. The van der Waals surface area contributed by atoms with Crippen LogP contribution in [0.15, 0.2) is 12.1 Å². The van der Waals surface area contributed by atoms with Crippen LogP contribution in [0.25, 0.3) is 0 Å². The highest BCUT2D eigenvalue weighted by Gasteiger charge is 2.20. The maximum atomic E-state index is 6.41. The molecular formula is C12H17ClS. The van der Waals surface area contributed by atoms with Gasteiger partial charge in [0.05, 0.1) is 5.38 Å². The Kier molecular flexibility index (Phi) is 3.51. The van der Waals surface area contributed by atoms with E-state index in [-0.39, 0.29) is 5.38 Å². The molecule has 1 aromatic rings. The lowest BCUT2D eigenvalue weighted by Crippen LogP contribution is -1.97. The topological polar surface area (TPSA) is 0 Å². The van der Waals surface area contributed by atoms with Gasteiger partial charge >= 0.3 is 0 Å². The van der Waals surface area contributed by atoms with Gasteiger partial charge in [0, 0.05) is 9.75 Å². The summed E-state index contributed by atoms with van der Waals surface area (Å²) in [7, 11) is 0. The first-order valence-corrected chi connectivity index (χ1v) is 6.71. The van der Waals surface area contributed by atoms with Gasteiger partial charge in [0.25, 0.3) is 0 Å². The van der Waals surface area contributed by atoms with Gasteiger partial charge in [-0.1, -0.05) is 25.7 Å². The summed E-state index contributed by atoms with van der Waals surface area (Å²) in [6, 6.07) is 4.36. The van der Waals surface area contributed by atoms with Crippen LogP contribution in [0.3, 0.4) is 0 Å². The molecule has 14 heavy (non-hydrogen) atoms. The lowest BCUT2D eigenvalue weighted by Gasteiger charge is -2.12. The average molecular weight is 229 g/mol. The van der Waals surface area contributed by atoms with Crippen molar-refractivity contribution in [3.05, 3.63) is 21.9 Å². The summed E-state index contributed by atoms with van der Waals surface area (Å²) in [6.07, 6.45) is 6.80. The molecule has 0 nitrogen and oxygen atoms in total. The Morgan fingerprint density at radius 2 is 2.14 bits per heavy atom. The molecule has 1 saturated carbocycles. The maximum Gasteiger partial charge on any atom is 0.0681 e. The molecule has 0 radical (unpaired) electrons. The predicted molar refractivity (Wildman–Crippen MR) is 64.2 cm³/mol. The fraction of sp³-hybridized carbons (Fsp3) is 0.667. The smallest absolute Gasteiger partial charge is 0.0681 e. The van der Waals surface area contributed by atoms with Crippen LogP contribution in [0, 0.1) is 12.8 Å². The first kappa shape index (κ1) is 10.5. The molecule has 78 valence electrons. The van der Waals surface area contributed by atoms with Gasteiger partial charge in [0.2, 0.25) is 0 Å². The number of rotatable bonds is 3. The molecule has 0 spiro atoms. The minimum atomic E-state index is 0.261. The molecule has 1 fully saturated rings. The van der Waals surface area contributed by atoms with Crippen molar-refractivity contribution in [3.8, 4) is 0 Å². The SMILES string of the molecule is Cc1ccc(C(Cl)CC2CCCC2)s1. The Labute approximate surface area is 95.3 Å². The van der Waals surface area contributed by atoms with Gasteiger partial charge in [-0.05, 0) is 31.4 Å². The first-order chi connectivity index (χ1) is 6.75. The zero-order valence-corrected chi connectivity index (χ0v) is 10.2. The zero-order valence-electron chi connectivity index (χ0n) is 8.63. The van der Waals surface area contributed by atoms with E-state index in [9.17, 15) is 0 Å². The molecule has 1 unspecified atom stereocenters. The van der Waals surface area contributed by atoms with Crippen molar-refractivity contribution in [1.29, 1.82) is 0 Å². The summed E-state index contributed by atoms with van der Waals surface area (Å²) in [4.78, 5) is 2.73. The van der Waals surface area contributed by atoms with Crippen molar-refractivity contribution < 1.29 is 0 Å². The number of aryl methyl sites for hydroxylation is 1. The Morgan fingerprint density at radius 1 is 1.43 bits per heavy atom. The van der Waals surface area contributed by atoms with E-state index in [1.54, 1.807) is 0 Å². The van der Waals surface area contributed by atoms with Crippen LogP contribution in [-0.4, -0.2) is 0 Å². The van der Waals surface area contributed by atoms with Gasteiger partial charge in [-0.2, -0.15) is 0 Å². The lowest BCUT2D eigenvalue weighted by atomic mass is 10.0. The largest absolute Gasteiger partial charge is 0.144 e. The quantitative estimate of drug-likeness (QED) is 0.645. The molecule has 1 heterocycles. The Hall–Kier alpha value is -0.0100. The molecule has 1 atom stereocenters. The van der Waals surface area contributed by atoms with Crippen LogP contribution in [0.4, 0.5) is 0 Å². The zero-order chi connectivity index (χ0) is 9.97. The van der Waals surface area contributed by atoms with E-state index in [0.717, 1.165) is 5.92 Å². The molecule has 2 heteroatoms. The molecule has 0 N–H and O–H groups in total. The minimum absolute atomic E-state index is 0.261. The van der Waals surface area contributed by atoms with E-state index in [4.69, 9.17) is 11.6 Å². The third-order valence-corrected chi connectivity index (χ3v) is 4.74. The minimum Gasteiger partial charge on any atom is -0.144 e. The molecule has 1 aromatic heterocycles. The van der Waals surface area contributed by atoms with E-state index in [1.165, 1.54) is 41.9 Å². The van der Waals surface area contributed by atoms with Gasteiger partial charge in [0.1, 0.15) is 0 Å². The van der Waals surface area contributed by atoms with E-state index in [2.05, 4.69) is 19.1 Å². The van der Waals surface area contributed by atoms with Crippen molar-refractivity contribution in [2.75, 3.05) is 0 Å². The third kappa shape index (κ3) is 2.52. The Balaban J connectivity index is 1.91. The molecule has 1 aliphatic carbocycles. The summed E-state index contributed by atoms with van der Waals surface area (Å²) in [5.41, 5.74) is 0. The van der Waals surface area contributed by atoms with Crippen molar-refractivity contribution in [1.82, 2.24) is 0 Å². The van der Waals surface area contributed by atoms with Crippen molar-refractivity contribution in [2.24, 2.45) is 5.92 Å². The highest BCUT2D eigenvalue weighted by molar-refractivity contribution is 7.12. The lowest BCUT2D eigenvalue weighted by molar-refractivity contribution is 0.498. The highest BCUT2D eigenvalue weighted by atomic mass is 35.5. The second-order valence-corrected chi connectivity index (χ2v) is 6.15. The van der Waals surface area contributed by atoms with E-state index < -0.39 is 0 Å². The number of halogens is 1. The molecule has 0 saturated heterocycles. The van der Waals surface area contributed by atoms with Gasteiger partial charge in [-0.3, -0.25) is 0 Å². The molecule has 0 bridgehead atoms. The number of thiophene rings is 1. The summed E-state index contributed by atoms with van der Waals surface area (Å²) >= 11 is 8.26. The van der Waals surface area contributed by atoms with Crippen molar-refractivity contribution in [3.63, 3.8) is 0 Å². The molecular weight excluding hydrogens is 212 g/mol. The van der Waals surface area contributed by atoms with Crippen LogP contribution >= 0.6 is 22.9 Å². The van der Waals surface area contributed by atoms with Crippen LogP contribution in [0.1, 0.15) is 47.2 Å². The molecule has 0 amide bonds. The number of hydrogen-bond acceptors (Lipinski definition) is 1. The van der Waals surface area contributed by atoms with Gasteiger partial charge in [-0.15, -0.1) is 22.9 Å². The van der Waals surface area contributed by atoms with Crippen LogP contribution in [-0.2, 0) is 0 Å². The highest BCUT2D eigenvalue weighted by Crippen LogP contribution is 2.38. The second-order valence-electron chi connectivity index (χ2n) is 4.30. The molecule has 1 aliphatic rings. The summed E-state index contributed by atoms with van der Waals surface area (Å²) in [5, 5.41) is 0.261. The van der Waals surface area contributed by atoms with Crippen molar-refractivity contribution in [2.45, 2.75) is 44.4 Å². The fourth-order valence-corrected chi connectivity index (χ4v) is 3.60. The van der Waals surface area contributed by atoms with E-state index in [0.29, 0.717) is 0 Å². The Bertz CT molecular complexity index is 286. The average Bonchev–Trinajstić information content (AvgIpc) is 2.75. The van der Waals surface area contributed by atoms with Gasteiger partial charge < -0.3 is 0 Å². The van der Waals surface area contributed by atoms with Crippen LogP contribution < -0.4 is 0 Å². The second kappa shape index (κ2) is 4.67. The summed E-state index contributed by atoms with van der Waals surface area (Å²) < 4.78 is 0. The number of alkyl halides is 1. The van der Waals surface area contributed by atoms with Crippen LogP contribution in [0.2, 0.25) is 0 Å². The first-order valence-electron chi connectivity index (χ1n) is 5.46. The molecule has 0 aliphatic heterocycles.